The van der Waals surface area contributed by atoms with Crippen molar-refractivity contribution >= 4 is 28.7 Å². The Labute approximate surface area is 190 Å². The molecule has 0 saturated heterocycles. The molecule has 1 aliphatic carbocycles. The summed E-state index contributed by atoms with van der Waals surface area (Å²) in [6.45, 7) is 1.90. The summed E-state index contributed by atoms with van der Waals surface area (Å²) in [6.07, 6.45) is 2.90. The highest BCUT2D eigenvalue weighted by molar-refractivity contribution is 7.10. The summed E-state index contributed by atoms with van der Waals surface area (Å²) in [6, 6.07) is 19.1. The Morgan fingerprint density at radius 2 is 1.88 bits per heavy atom. The molecule has 1 aromatic carbocycles. The van der Waals surface area contributed by atoms with Crippen molar-refractivity contribution in [2.45, 2.75) is 31.6 Å². The van der Waals surface area contributed by atoms with Crippen LogP contribution in [0, 0.1) is 0 Å². The van der Waals surface area contributed by atoms with Crippen molar-refractivity contribution < 1.29 is 9.59 Å². The zero-order chi connectivity index (χ0) is 22.1. The average molecular weight is 442 g/mol. The Balaban J connectivity index is 1.56. The van der Waals surface area contributed by atoms with Crippen molar-refractivity contribution in [1.29, 1.82) is 0 Å². The van der Waals surface area contributed by atoms with Gasteiger partial charge in [-0.15, -0.1) is 11.3 Å². The summed E-state index contributed by atoms with van der Waals surface area (Å²) in [5.41, 5.74) is 4.29. The fourth-order valence-electron chi connectivity index (χ4n) is 4.63. The van der Waals surface area contributed by atoms with Crippen LogP contribution < -0.4 is 10.6 Å². The summed E-state index contributed by atoms with van der Waals surface area (Å²) in [7, 11) is 0. The van der Waals surface area contributed by atoms with Gasteiger partial charge in [-0.25, -0.2) is 0 Å². The molecule has 3 aromatic rings. The van der Waals surface area contributed by atoms with Crippen molar-refractivity contribution in [3.63, 3.8) is 0 Å². The maximum absolute atomic E-state index is 13.5. The Morgan fingerprint density at radius 3 is 2.59 bits per heavy atom. The van der Waals surface area contributed by atoms with Gasteiger partial charge in [-0.2, -0.15) is 0 Å². The number of carbonyl (C=O) groups excluding carboxylic acids is 2. The van der Waals surface area contributed by atoms with E-state index in [0.717, 1.165) is 17.8 Å². The summed E-state index contributed by atoms with van der Waals surface area (Å²) < 4.78 is 0. The van der Waals surface area contributed by atoms with E-state index in [2.05, 4.69) is 21.7 Å². The molecule has 2 aromatic heterocycles. The highest BCUT2D eigenvalue weighted by atomic mass is 32.1. The number of hydrogen-bond donors (Lipinski definition) is 2. The van der Waals surface area contributed by atoms with Crippen LogP contribution in [0.3, 0.4) is 0 Å². The number of nitrogens with zero attached hydrogens (tertiary/aromatic N) is 1. The Kier molecular flexibility index (Phi) is 5.45. The van der Waals surface area contributed by atoms with Gasteiger partial charge in [-0.3, -0.25) is 14.6 Å². The van der Waals surface area contributed by atoms with E-state index in [1.807, 2.05) is 66.9 Å². The molecule has 2 atom stereocenters. The predicted molar refractivity (Wildman–Crippen MR) is 126 cm³/mol. The number of pyridine rings is 1. The lowest BCUT2D eigenvalue weighted by Crippen LogP contribution is -2.37. The molecule has 160 valence electrons. The first-order valence-corrected chi connectivity index (χ1v) is 11.5. The van der Waals surface area contributed by atoms with Crippen molar-refractivity contribution in [3.8, 4) is 0 Å². The van der Waals surface area contributed by atoms with Crippen molar-refractivity contribution in [3.05, 3.63) is 105 Å². The molecule has 0 saturated carbocycles. The van der Waals surface area contributed by atoms with Gasteiger partial charge in [0.1, 0.15) is 0 Å². The van der Waals surface area contributed by atoms with E-state index in [9.17, 15) is 9.59 Å². The quantitative estimate of drug-likeness (QED) is 0.588. The van der Waals surface area contributed by atoms with Crippen LogP contribution in [0.4, 0.5) is 5.69 Å². The molecular formula is C26H23N3O2S. The Morgan fingerprint density at radius 1 is 1.06 bits per heavy atom. The summed E-state index contributed by atoms with van der Waals surface area (Å²) in [4.78, 5) is 32.7. The number of amides is 1. The molecule has 0 bridgehead atoms. The minimum absolute atomic E-state index is 0.0744. The molecule has 5 nitrogen and oxygen atoms in total. The number of dihydropyridines is 1. The van der Waals surface area contributed by atoms with Gasteiger partial charge >= 0.3 is 0 Å². The highest BCUT2D eigenvalue weighted by Crippen LogP contribution is 2.45. The second-order valence-electron chi connectivity index (χ2n) is 8.11. The van der Waals surface area contributed by atoms with Crippen LogP contribution in [0.2, 0.25) is 0 Å². The average Bonchev–Trinajstić information content (AvgIpc) is 3.34. The molecule has 3 heterocycles. The van der Waals surface area contributed by atoms with E-state index in [1.165, 1.54) is 4.88 Å². The van der Waals surface area contributed by atoms with Gasteiger partial charge < -0.3 is 10.6 Å². The zero-order valence-electron chi connectivity index (χ0n) is 17.7. The Hall–Kier alpha value is -3.51. The molecule has 6 heteroatoms. The van der Waals surface area contributed by atoms with E-state index in [4.69, 9.17) is 0 Å². The third kappa shape index (κ3) is 3.78. The van der Waals surface area contributed by atoms with E-state index < -0.39 is 5.92 Å². The zero-order valence-corrected chi connectivity index (χ0v) is 18.5. The van der Waals surface area contributed by atoms with Crippen molar-refractivity contribution in [2.24, 2.45) is 0 Å². The lowest BCUT2D eigenvalue weighted by atomic mass is 9.73. The fraction of sp³-hybridized carbons (Fsp3) is 0.192. The van der Waals surface area contributed by atoms with Gasteiger partial charge in [0.2, 0.25) is 0 Å². The lowest BCUT2D eigenvalue weighted by Gasteiger charge is -2.36. The summed E-state index contributed by atoms with van der Waals surface area (Å²) in [5.74, 6) is -0.486. The van der Waals surface area contributed by atoms with E-state index in [-0.39, 0.29) is 17.6 Å². The standard InChI is InChI=1S/C26H23N3O2S/c1-16-23(26(31)29-18-8-3-2-4-9-18)25(19-10-5-6-12-27-19)24-20(28-16)14-17(15-21(24)30)22-11-7-13-32-22/h2-13,17,25,28H,14-15H2,1H3,(H,29,31)/t17-,25+/m0/s1. The number of allylic oxidation sites excluding steroid dienone is 3. The van der Waals surface area contributed by atoms with Gasteiger partial charge in [0, 0.05) is 51.6 Å². The number of nitrogens with one attached hydrogen (secondary N) is 2. The predicted octanol–water partition coefficient (Wildman–Crippen LogP) is 5.14. The molecule has 5 rings (SSSR count). The first-order chi connectivity index (χ1) is 15.6. The van der Waals surface area contributed by atoms with Crippen LogP contribution in [0.5, 0.6) is 0 Å². The first kappa shape index (κ1) is 20.4. The van der Waals surface area contributed by atoms with E-state index in [0.29, 0.717) is 28.9 Å². The van der Waals surface area contributed by atoms with Gasteiger partial charge in [0.05, 0.1) is 11.6 Å². The molecule has 32 heavy (non-hydrogen) atoms. The molecule has 0 fully saturated rings. The van der Waals surface area contributed by atoms with Gasteiger partial charge in [-0.05, 0) is 49.1 Å². The number of aromatic nitrogens is 1. The minimum Gasteiger partial charge on any atom is -0.362 e. The summed E-state index contributed by atoms with van der Waals surface area (Å²) in [5, 5.41) is 8.45. The van der Waals surface area contributed by atoms with Gasteiger partial charge in [-0.1, -0.05) is 30.3 Å². The van der Waals surface area contributed by atoms with E-state index >= 15 is 0 Å². The number of rotatable bonds is 4. The largest absolute Gasteiger partial charge is 0.362 e. The number of hydrogen-bond acceptors (Lipinski definition) is 5. The molecule has 0 spiro atoms. The molecule has 0 radical (unpaired) electrons. The molecule has 1 amide bonds. The second-order valence-corrected chi connectivity index (χ2v) is 9.09. The number of ketones is 1. The number of carbonyl (C=O) groups is 2. The van der Waals surface area contributed by atoms with Crippen LogP contribution in [-0.4, -0.2) is 16.7 Å². The Bertz CT molecular complexity index is 1210. The normalized spacial score (nSPS) is 20.6. The molecule has 2 N–H and O–H groups in total. The van der Waals surface area contributed by atoms with Crippen molar-refractivity contribution in [2.75, 3.05) is 5.32 Å². The monoisotopic (exact) mass is 441 g/mol. The van der Waals surface area contributed by atoms with Crippen LogP contribution in [0.1, 0.15) is 42.2 Å². The van der Waals surface area contributed by atoms with E-state index in [1.54, 1.807) is 17.5 Å². The van der Waals surface area contributed by atoms with Gasteiger partial charge in [0.25, 0.3) is 5.91 Å². The number of Topliss-reactive ketones (excluding diaryl/α,β-unsaturated/α-hetero) is 1. The van der Waals surface area contributed by atoms with Crippen LogP contribution in [-0.2, 0) is 9.59 Å². The molecule has 1 aliphatic heterocycles. The van der Waals surface area contributed by atoms with Crippen LogP contribution in [0.25, 0.3) is 0 Å². The fourth-order valence-corrected chi connectivity index (χ4v) is 5.46. The third-order valence-electron chi connectivity index (χ3n) is 6.03. The minimum atomic E-state index is -0.493. The molecular weight excluding hydrogens is 418 g/mol. The number of benzene rings is 1. The number of anilines is 1. The topological polar surface area (TPSA) is 71.1 Å². The van der Waals surface area contributed by atoms with Crippen LogP contribution in [0.15, 0.2) is 94.8 Å². The number of para-hydroxylation sites is 1. The van der Waals surface area contributed by atoms with Crippen molar-refractivity contribution in [1.82, 2.24) is 10.3 Å². The lowest BCUT2D eigenvalue weighted by molar-refractivity contribution is -0.116. The maximum Gasteiger partial charge on any atom is 0.254 e. The SMILES string of the molecule is CC1=C(C(=O)Nc2ccccc2)[C@@H](c2ccccn2)C2=C(C[C@H](c3cccs3)CC2=O)N1. The van der Waals surface area contributed by atoms with Crippen LogP contribution >= 0.6 is 11.3 Å². The second kappa shape index (κ2) is 8.55. The molecule has 0 unspecified atom stereocenters. The third-order valence-corrected chi connectivity index (χ3v) is 7.07. The highest BCUT2D eigenvalue weighted by Gasteiger charge is 2.41. The number of thiophene rings is 1. The van der Waals surface area contributed by atoms with Gasteiger partial charge in [0.15, 0.2) is 5.78 Å². The molecule has 2 aliphatic rings. The smallest absolute Gasteiger partial charge is 0.254 e. The first-order valence-electron chi connectivity index (χ1n) is 10.7. The summed E-state index contributed by atoms with van der Waals surface area (Å²) >= 11 is 1.68. The maximum atomic E-state index is 13.5.